The lowest BCUT2D eigenvalue weighted by molar-refractivity contribution is -0.156. The van der Waals surface area contributed by atoms with Crippen LogP contribution in [0.2, 0.25) is 5.15 Å². The first-order valence-electron chi connectivity index (χ1n) is 30.6. The smallest absolute Gasteiger partial charge is 0.358 e. The summed E-state index contributed by atoms with van der Waals surface area (Å²) < 4.78 is 75.2. The molecule has 0 fully saturated rings. The largest absolute Gasteiger partial charge is 0.508 e. The Morgan fingerprint density at radius 3 is 1.33 bits per heavy atom. The number of phenols is 2. The van der Waals surface area contributed by atoms with Crippen LogP contribution in [0.5, 0.6) is 17.2 Å². The summed E-state index contributed by atoms with van der Waals surface area (Å²) in [4.78, 5) is 74.3. The summed E-state index contributed by atoms with van der Waals surface area (Å²) in [5.41, 5.74) is 3.00. The number of halogens is 5. The second kappa shape index (κ2) is 43.0. The number of rotatable bonds is 22. The minimum absolute atomic E-state index is 0. The molecule has 554 valence electrons. The van der Waals surface area contributed by atoms with Crippen LogP contribution in [0, 0.1) is 17.5 Å². The first-order valence-corrected chi connectivity index (χ1v) is 31.5. The molecule has 3 aromatic carbocycles. The number of fused-ring (bicyclic) bond motifs is 3. The molecule has 3 N–H and O–H groups in total. The van der Waals surface area contributed by atoms with Gasteiger partial charge in [0.2, 0.25) is 0 Å². The van der Waals surface area contributed by atoms with Crippen molar-refractivity contribution in [3.05, 3.63) is 166 Å². The Morgan fingerprint density at radius 1 is 0.535 bits per heavy atom. The molecule has 30 heteroatoms. The van der Waals surface area contributed by atoms with Crippen LogP contribution < -0.4 is 19.9 Å². The number of phenolic OH excluding ortho intramolecular Hbond substituents is 2. The second-order valence-corrected chi connectivity index (χ2v) is 23.7. The number of alkyl halides is 1. The molecule has 9 aromatic rings. The maximum atomic E-state index is 14.0. The molecule has 9 rings (SSSR count). The molecule has 0 atom stereocenters. The van der Waals surface area contributed by atoms with Gasteiger partial charge in [-0.15, -0.1) is 21.8 Å². The molecule has 0 unspecified atom stereocenters. The fourth-order valence-electron chi connectivity index (χ4n) is 8.47. The number of ether oxygens (including phenoxy) is 6. The van der Waals surface area contributed by atoms with Gasteiger partial charge in [0.25, 0.3) is 0 Å². The highest BCUT2D eigenvalue weighted by atomic mass is 35.5. The number of nitrogens with zero attached hydrogens (tertiary/aromatic N) is 11. The Bertz CT molecular complexity index is 4090. The maximum absolute atomic E-state index is 14.0. The molecule has 25 nitrogen and oxygen atoms in total. The molecule has 0 amide bonds. The molecule has 101 heavy (non-hydrogen) atoms. The lowest BCUT2D eigenvalue weighted by Crippen LogP contribution is -2.24. The van der Waals surface area contributed by atoms with Crippen molar-refractivity contribution < 1.29 is 75.8 Å². The number of imidazole rings is 3. The predicted octanol–water partition coefficient (Wildman–Crippen LogP) is 14.3. The summed E-state index contributed by atoms with van der Waals surface area (Å²) in [6.07, 6.45) is 6.04. The number of hydrogen-bond donors (Lipinski definition) is 3. The molecule has 0 spiro atoms. The van der Waals surface area contributed by atoms with Crippen molar-refractivity contribution in [1.29, 1.82) is 0 Å². The number of anilines is 2. The average molecular weight is 1450 g/mol. The van der Waals surface area contributed by atoms with Gasteiger partial charge in [0, 0.05) is 69.1 Å². The lowest BCUT2D eigenvalue weighted by atomic mass is 10.2. The molecule has 0 saturated heterocycles. The molecule has 6 heterocycles. The van der Waals surface area contributed by atoms with E-state index in [0.29, 0.717) is 101 Å². The van der Waals surface area contributed by atoms with E-state index in [1.807, 2.05) is 41.5 Å². The van der Waals surface area contributed by atoms with Crippen molar-refractivity contribution >= 4 is 81.6 Å². The van der Waals surface area contributed by atoms with Crippen LogP contribution in [0.4, 0.5) is 24.8 Å². The minimum atomic E-state index is -0.530. The van der Waals surface area contributed by atoms with E-state index in [1.165, 1.54) is 80.7 Å². The maximum Gasteiger partial charge on any atom is 0.358 e. The number of nitrogens with one attached hydrogen (secondary N) is 1. The Hall–Kier alpha value is -9.80. The molecular weight excluding hydrogens is 1360 g/mol. The molecular formula is C71H97Cl2F3N12O13. The monoisotopic (exact) mass is 1450 g/mol. The fraction of sp³-hybridized carbons (Fsp3) is 0.423. The van der Waals surface area contributed by atoms with E-state index in [2.05, 4.69) is 35.6 Å². The SMILES string of the molecule is C.C.C.C.CC(C)(C)OC(=O)CCCCl.CCOC(=O)c1cnc2ccc(Cl)nn12.CCOC(=O)c1cnc2ccc(N(C)Cc3cc(F)ccc3O)nn12.CCOC(=O)c1cnc2ccc(N(C)Cc3cc(F)ccc3OCCCC(=O)OC(C)(C)C)nn12.CNCc1cc(F)ccc1O. The molecule has 0 bridgehead atoms. The number of benzene rings is 3. The minimum Gasteiger partial charge on any atom is -0.508 e. The van der Waals surface area contributed by atoms with E-state index in [9.17, 15) is 42.3 Å². The highest BCUT2D eigenvalue weighted by Crippen LogP contribution is 2.26. The summed E-state index contributed by atoms with van der Waals surface area (Å²) in [5, 5.41) is 35.0. The quantitative estimate of drug-likeness (QED) is 0.0246. The van der Waals surface area contributed by atoms with E-state index in [-0.39, 0.29) is 114 Å². The number of carbonyl (C=O) groups is 5. The van der Waals surface area contributed by atoms with E-state index in [4.69, 9.17) is 56.7 Å². The van der Waals surface area contributed by atoms with Gasteiger partial charge in [-0.3, -0.25) is 9.59 Å². The summed E-state index contributed by atoms with van der Waals surface area (Å²) in [6, 6.07) is 22.2. The molecule has 6 aromatic heterocycles. The third-order valence-electron chi connectivity index (χ3n) is 12.7. The Kier molecular flexibility index (Phi) is 38.0. The van der Waals surface area contributed by atoms with Crippen molar-refractivity contribution in [2.45, 2.75) is 149 Å². The number of aromatic hydroxyl groups is 2. The summed E-state index contributed by atoms with van der Waals surface area (Å²) in [7, 11) is 5.29. The third kappa shape index (κ3) is 28.8. The van der Waals surface area contributed by atoms with E-state index in [0.717, 1.165) is 0 Å². The van der Waals surface area contributed by atoms with Crippen LogP contribution in [0.3, 0.4) is 0 Å². The molecule has 0 saturated carbocycles. The van der Waals surface area contributed by atoms with Gasteiger partial charge in [0.1, 0.15) is 62.7 Å². The average Bonchev–Trinajstić information content (AvgIpc) is 1.70. The highest BCUT2D eigenvalue weighted by Gasteiger charge is 2.21. The number of carbonyl (C=O) groups excluding carboxylic acids is 5. The summed E-state index contributed by atoms with van der Waals surface area (Å²) in [6.45, 7) is 18.3. The van der Waals surface area contributed by atoms with Crippen molar-refractivity contribution in [3.8, 4) is 17.2 Å². The zero-order chi connectivity index (χ0) is 71.6. The van der Waals surface area contributed by atoms with Crippen molar-refractivity contribution in [1.82, 2.24) is 49.1 Å². The normalized spacial score (nSPS) is 10.5. The molecule has 0 aliphatic rings. The van der Waals surface area contributed by atoms with Gasteiger partial charge in [0.05, 0.1) is 45.0 Å². The number of hydrogen-bond acceptors (Lipinski definition) is 22. The van der Waals surface area contributed by atoms with E-state index in [1.54, 1.807) is 94.2 Å². The molecule has 0 aliphatic heterocycles. The predicted molar refractivity (Wildman–Crippen MR) is 385 cm³/mol. The van der Waals surface area contributed by atoms with Gasteiger partial charge in [-0.1, -0.05) is 41.3 Å². The Labute approximate surface area is 598 Å². The van der Waals surface area contributed by atoms with Gasteiger partial charge in [-0.05, 0) is 173 Å². The van der Waals surface area contributed by atoms with Crippen molar-refractivity contribution in [2.75, 3.05) is 63.3 Å². The molecule has 0 radical (unpaired) electrons. The third-order valence-corrected chi connectivity index (χ3v) is 13.2. The van der Waals surface area contributed by atoms with E-state index < -0.39 is 35.1 Å². The number of aromatic nitrogens is 9. The van der Waals surface area contributed by atoms with Crippen LogP contribution in [0.25, 0.3) is 16.9 Å². The van der Waals surface area contributed by atoms with Crippen LogP contribution in [0.15, 0.2) is 110 Å². The Morgan fingerprint density at radius 2 is 0.911 bits per heavy atom. The first kappa shape index (κ1) is 89.2. The standard InChI is InChI=1S/C25H31FN4O5.C17H17FN4O3.C9H8ClN3O2.C8H15ClO2.C8H10FNO.4CH4/c1-6-33-24(32)19-15-27-21-11-12-22(28-30(19)21)29(5)16-17-14-18(26)9-10-20(17)34-13-7-8-23(31)35-25(2,3)4;1-3-25-17(24)13-9-19-15-6-7-16(20-22(13)15)21(2)10-11-8-12(18)4-5-14(11)23;1-2-15-9(14)6-5-11-8-4-3-7(10)12-13(6)8;1-8(2,3)11-7(10)5-4-6-9;1-10-5-6-4-7(9)2-3-8(6)11;;;;/h9-12,14-15H,6-8,13,16H2,1-5H3;4-9,23H,3,10H2,1-2H3;3-5H,2H2,1H3;4-6H2,1-3H3;2-4,10-11H,5H2,1H3;4*1H4. The fourth-order valence-corrected chi connectivity index (χ4v) is 8.74. The van der Waals surface area contributed by atoms with Gasteiger partial charge in [0.15, 0.2) is 34.0 Å². The zero-order valence-corrected chi connectivity index (χ0v) is 57.6. The van der Waals surface area contributed by atoms with Gasteiger partial charge in [-0.25, -0.2) is 56.1 Å². The second-order valence-electron chi connectivity index (χ2n) is 22.9. The zero-order valence-electron chi connectivity index (χ0n) is 56.1. The highest BCUT2D eigenvalue weighted by molar-refractivity contribution is 6.29. The van der Waals surface area contributed by atoms with Crippen molar-refractivity contribution in [3.63, 3.8) is 0 Å². The van der Waals surface area contributed by atoms with Gasteiger partial charge in [-0.2, -0.15) is 5.10 Å². The summed E-state index contributed by atoms with van der Waals surface area (Å²) >= 11 is 11.1. The van der Waals surface area contributed by atoms with E-state index >= 15 is 0 Å². The molecule has 0 aliphatic carbocycles. The first-order chi connectivity index (χ1) is 46.0. The van der Waals surface area contributed by atoms with Gasteiger partial charge < -0.3 is 53.8 Å². The van der Waals surface area contributed by atoms with Gasteiger partial charge >= 0.3 is 29.8 Å². The van der Waals surface area contributed by atoms with Crippen LogP contribution in [0.1, 0.15) is 166 Å². The van der Waals surface area contributed by atoms with Crippen LogP contribution >= 0.6 is 23.2 Å². The number of esters is 5. The van der Waals surface area contributed by atoms with Crippen molar-refractivity contribution in [2.24, 2.45) is 0 Å². The topological polar surface area (TPSA) is 290 Å². The van der Waals surface area contributed by atoms with Crippen LogP contribution in [-0.4, -0.2) is 149 Å². The Balaban J connectivity index is 0.000000674. The lowest BCUT2D eigenvalue weighted by Gasteiger charge is -2.21. The van der Waals surface area contributed by atoms with Crippen LogP contribution in [-0.2, 0) is 52.9 Å². The summed E-state index contributed by atoms with van der Waals surface area (Å²) in [5.74, 6) is -0.858.